The molecule has 132 valence electrons. The van der Waals surface area contributed by atoms with Crippen molar-refractivity contribution in [3.05, 3.63) is 65.5 Å². The van der Waals surface area contributed by atoms with E-state index in [0.717, 1.165) is 11.3 Å². The van der Waals surface area contributed by atoms with Gasteiger partial charge in [0.15, 0.2) is 0 Å². The first-order valence-corrected chi connectivity index (χ1v) is 9.45. The Morgan fingerprint density at radius 2 is 1.84 bits per heavy atom. The monoisotopic (exact) mass is 358 g/mol. The van der Waals surface area contributed by atoms with Crippen molar-refractivity contribution in [1.29, 1.82) is 0 Å². The van der Waals surface area contributed by atoms with Crippen LogP contribution in [0, 0.1) is 5.82 Å². The van der Waals surface area contributed by atoms with Crippen LogP contribution in [0.1, 0.15) is 37.3 Å². The van der Waals surface area contributed by atoms with Gasteiger partial charge in [-0.15, -0.1) is 11.8 Å². The van der Waals surface area contributed by atoms with E-state index in [2.05, 4.69) is 50.4 Å². The van der Waals surface area contributed by atoms with E-state index in [-0.39, 0.29) is 22.5 Å². The van der Waals surface area contributed by atoms with Crippen LogP contribution in [0.15, 0.2) is 48.5 Å². The first-order chi connectivity index (χ1) is 11.9. The van der Waals surface area contributed by atoms with E-state index < -0.39 is 5.82 Å². The first-order valence-electron chi connectivity index (χ1n) is 8.40. The molecule has 3 nitrogen and oxygen atoms in total. The summed E-state index contributed by atoms with van der Waals surface area (Å²) in [5.74, 6) is 0.449. The number of thioether (sulfide) groups is 1. The molecule has 2 amide bonds. The molecular formula is C20H23FN2OS. The minimum Gasteiger partial charge on any atom is -0.308 e. The number of halogens is 1. The topological polar surface area (TPSA) is 32.3 Å². The number of rotatable bonds is 2. The molecule has 0 spiro atoms. The van der Waals surface area contributed by atoms with Crippen LogP contribution in [-0.4, -0.2) is 23.2 Å². The fraction of sp³-hybridized carbons (Fsp3) is 0.350. The predicted molar refractivity (Wildman–Crippen MR) is 102 cm³/mol. The third kappa shape index (κ3) is 3.98. The van der Waals surface area contributed by atoms with Gasteiger partial charge >= 0.3 is 6.03 Å². The molecule has 25 heavy (non-hydrogen) atoms. The SMILES string of the molecule is CC(C)(C)c1ccc([C@H]2SCCN2C(=O)Nc2ccccc2F)cc1. The number of anilines is 1. The van der Waals surface area contributed by atoms with Crippen LogP contribution >= 0.6 is 11.8 Å². The molecule has 1 aliphatic heterocycles. The van der Waals surface area contributed by atoms with E-state index in [4.69, 9.17) is 0 Å². The molecule has 1 aliphatic rings. The highest BCUT2D eigenvalue weighted by atomic mass is 32.2. The van der Waals surface area contributed by atoms with E-state index in [1.807, 2.05) is 0 Å². The van der Waals surface area contributed by atoms with Gasteiger partial charge in [0.25, 0.3) is 0 Å². The number of hydrogen-bond donors (Lipinski definition) is 1. The van der Waals surface area contributed by atoms with Crippen LogP contribution in [0.4, 0.5) is 14.9 Å². The Hall–Kier alpha value is -2.01. The second kappa shape index (κ2) is 7.08. The lowest BCUT2D eigenvalue weighted by molar-refractivity contribution is 0.214. The molecule has 3 rings (SSSR count). The molecule has 0 aromatic heterocycles. The molecule has 1 atom stereocenters. The Labute approximate surface area is 152 Å². The molecule has 0 radical (unpaired) electrons. The van der Waals surface area contributed by atoms with Gasteiger partial charge in [0, 0.05) is 12.3 Å². The highest BCUT2D eigenvalue weighted by Gasteiger charge is 2.31. The van der Waals surface area contributed by atoms with Crippen LogP contribution in [-0.2, 0) is 5.41 Å². The Morgan fingerprint density at radius 3 is 2.48 bits per heavy atom. The lowest BCUT2D eigenvalue weighted by atomic mass is 9.87. The van der Waals surface area contributed by atoms with E-state index in [1.54, 1.807) is 34.9 Å². The Kier molecular flexibility index (Phi) is 5.04. The highest BCUT2D eigenvalue weighted by molar-refractivity contribution is 7.99. The Morgan fingerprint density at radius 1 is 1.16 bits per heavy atom. The lowest BCUT2D eigenvalue weighted by Crippen LogP contribution is -2.34. The largest absolute Gasteiger partial charge is 0.323 e. The molecule has 0 bridgehead atoms. The third-order valence-corrected chi connectivity index (χ3v) is 5.59. The summed E-state index contributed by atoms with van der Waals surface area (Å²) < 4.78 is 13.8. The second-order valence-corrected chi connectivity index (χ2v) is 8.39. The number of carbonyl (C=O) groups is 1. The summed E-state index contributed by atoms with van der Waals surface area (Å²) in [6.07, 6.45) is 0. The summed E-state index contributed by atoms with van der Waals surface area (Å²) >= 11 is 1.73. The average molecular weight is 358 g/mol. The number of nitrogens with zero attached hydrogens (tertiary/aromatic N) is 1. The normalized spacial score (nSPS) is 17.6. The van der Waals surface area contributed by atoms with E-state index in [1.165, 1.54) is 11.6 Å². The van der Waals surface area contributed by atoms with Gasteiger partial charge in [-0.25, -0.2) is 9.18 Å². The smallest absolute Gasteiger partial charge is 0.308 e. The number of benzene rings is 2. The first kappa shape index (κ1) is 17.8. The van der Waals surface area contributed by atoms with Crippen LogP contribution in [0.3, 0.4) is 0 Å². The minimum atomic E-state index is -0.422. The summed E-state index contributed by atoms with van der Waals surface area (Å²) in [5, 5.41) is 2.65. The fourth-order valence-corrected chi connectivity index (χ4v) is 4.11. The molecule has 5 heteroatoms. The molecule has 0 saturated carbocycles. The lowest BCUT2D eigenvalue weighted by Gasteiger charge is -2.25. The van der Waals surface area contributed by atoms with Gasteiger partial charge in [-0.2, -0.15) is 0 Å². The van der Waals surface area contributed by atoms with Crippen molar-refractivity contribution in [3.63, 3.8) is 0 Å². The zero-order chi connectivity index (χ0) is 18.0. The third-order valence-electron chi connectivity index (χ3n) is 4.33. The number of hydrogen-bond acceptors (Lipinski definition) is 2. The van der Waals surface area contributed by atoms with Crippen LogP contribution in [0.5, 0.6) is 0 Å². The highest BCUT2D eigenvalue weighted by Crippen LogP contribution is 2.39. The van der Waals surface area contributed by atoms with Gasteiger partial charge in [-0.3, -0.25) is 0 Å². The maximum absolute atomic E-state index is 13.8. The molecular weight excluding hydrogens is 335 g/mol. The standard InChI is InChI=1S/C20H23FN2OS/c1-20(2,3)15-10-8-14(9-11-15)18-23(12-13-25-18)19(24)22-17-7-5-4-6-16(17)21/h4-11,18H,12-13H2,1-3H3,(H,22,24)/t18-/m1/s1. The Bertz CT molecular complexity index is 755. The molecule has 0 aliphatic carbocycles. The van der Waals surface area contributed by atoms with E-state index >= 15 is 0 Å². The van der Waals surface area contributed by atoms with Crippen LogP contribution in [0.25, 0.3) is 0 Å². The molecule has 1 heterocycles. The quantitative estimate of drug-likeness (QED) is 0.779. The summed E-state index contributed by atoms with van der Waals surface area (Å²) in [7, 11) is 0. The van der Waals surface area contributed by atoms with Gasteiger partial charge in [-0.05, 0) is 28.7 Å². The average Bonchev–Trinajstić information content (AvgIpc) is 3.06. The van der Waals surface area contributed by atoms with Crippen molar-refractivity contribution in [2.24, 2.45) is 0 Å². The van der Waals surface area contributed by atoms with Crippen molar-refractivity contribution < 1.29 is 9.18 Å². The van der Waals surface area contributed by atoms with E-state index in [9.17, 15) is 9.18 Å². The molecule has 1 saturated heterocycles. The van der Waals surface area contributed by atoms with Gasteiger partial charge in [0.1, 0.15) is 11.2 Å². The van der Waals surface area contributed by atoms with Crippen molar-refractivity contribution in [2.45, 2.75) is 31.6 Å². The van der Waals surface area contributed by atoms with Crippen molar-refractivity contribution >= 4 is 23.5 Å². The maximum atomic E-state index is 13.8. The number of amides is 2. The van der Waals surface area contributed by atoms with Crippen LogP contribution < -0.4 is 5.32 Å². The van der Waals surface area contributed by atoms with Crippen molar-refractivity contribution in [3.8, 4) is 0 Å². The fourth-order valence-electron chi connectivity index (χ4n) is 2.85. The molecule has 2 aromatic rings. The number of urea groups is 1. The van der Waals surface area contributed by atoms with Crippen LogP contribution in [0.2, 0.25) is 0 Å². The summed E-state index contributed by atoms with van der Waals surface area (Å²) in [6.45, 7) is 7.19. The predicted octanol–water partition coefficient (Wildman–Crippen LogP) is 5.40. The zero-order valence-corrected chi connectivity index (χ0v) is 15.6. The van der Waals surface area contributed by atoms with E-state index in [0.29, 0.717) is 6.54 Å². The van der Waals surface area contributed by atoms with Crippen molar-refractivity contribution in [1.82, 2.24) is 4.90 Å². The maximum Gasteiger partial charge on any atom is 0.323 e. The number of nitrogens with one attached hydrogen (secondary N) is 1. The molecule has 0 unspecified atom stereocenters. The van der Waals surface area contributed by atoms with Crippen molar-refractivity contribution in [2.75, 3.05) is 17.6 Å². The molecule has 1 fully saturated rings. The zero-order valence-electron chi connectivity index (χ0n) is 14.8. The van der Waals surface area contributed by atoms with Gasteiger partial charge in [0.2, 0.25) is 0 Å². The summed E-state index contributed by atoms with van der Waals surface area (Å²) in [6, 6.07) is 14.4. The van der Waals surface area contributed by atoms with Gasteiger partial charge in [0.05, 0.1) is 5.69 Å². The Balaban J connectivity index is 1.76. The summed E-state index contributed by atoms with van der Waals surface area (Å²) in [5.41, 5.74) is 2.68. The molecule has 1 N–H and O–H groups in total. The van der Waals surface area contributed by atoms with Gasteiger partial charge in [-0.1, -0.05) is 57.2 Å². The van der Waals surface area contributed by atoms with Gasteiger partial charge < -0.3 is 10.2 Å². The summed E-state index contributed by atoms with van der Waals surface area (Å²) in [4.78, 5) is 14.4. The number of para-hydroxylation sites is 1. The minimum absolute atomic E-state index is 0.0409. The molecule has 2 aromatic carbocycles. The number of carbonyl (C=O) groups excluding carboxylic acids is 1. The second-order valence-electron chi connectivity index (χ2n) is 7.20.